The highest BCUT2D eigenvalue weighted by atomic mass is 16.5. The van der Waals surface area contributed by atoms with Crippen LogP contribution >= 0.6 is 0 Å². The van der Waals surface area contributed by atoms with Crippen molar-refractivity contribution in [2.24, 2.45) is 4.99 Å². The minimum atomic E-state index is 0.606. The quantitative estimate of drug-likeness (QED) is 0.616. The first kappa shape index (κ1) is 12.9. The van der Waals surface area contributed by atoms with Crippen LogP contribution in [0.15, 0.2) is 9.52 Å². The molecule has 0 spiro atoms. The summed E-state index contributed by atoms with van der Waals surface area (Å²) >= 11 is 0. The Morgan fingerprint density at radius 3 is 2.72 bits per heavy atom. The van der Waals surface area contributed by atoms with E-state index in [1.807, 2.05) is 0 Å². The Labute approximate surface area is 108 Å². The first-order valence-electron chi connectivity index (χ1n) is 6.71. The molecule has 1 aliphatic rings. The molecule has 0 unspecified atom stereocenters. The molecule has 1 saturated carbocycles. The topological polar surface area (TPSA) is 62.5 Å². The van der Waals surface area contributed by atoms with Crippen molar-refractivity contribution in [2.45, 2.75) is 52.1 Å². The van der Waals surface area contributed by atoms with Crippen LogP contribution in [-0.4, -0.2) is 24.2 Å². The highest BCUT2D eigenvalue weighted by molar-refractivity contribution is 5.80. The van der Waals surface area contributed by atoms with Gasteiger partial charge in [-0.2, -0.15) is 0 Å². The van der Waals surface area contributed by atoms with Crippen LogP contribution in [0.5, 0.6) is 0 Å². The zero-order valence-corrected chi connectivity index (χ0v) is 11.4. The van der Waals surface area contributed by atoms with Gasteiger partial charge in [0.15, 0.2) is 5.96 Å². The van der Waals surface area contributed by atoms with E-state index in [0.29, 0.717) is 6.04 Å². The van der Waals surface area contributed by atoms with Crippen LogP contribution in [0.3, 0.4) is 0 Å². The standard InChI is InChI=1S/C13H22N4O/c1-4-11-10(12(5-2)18-17-11)8-15-13(14-3)16-9-6-7-9/h9H,4-8H2,1-3H3,(H2,14,15,16). The monoisotopic (exact) mass is 250 g/mol. The lowest BCUT2D eigenvalue weighted by atomic mass is 10.1. The molecule has 1 heterocycles. The lowest BCUT2D eigenvalue weighted by molar-refractivity contribution is 0.380. The minimum Gasteiger partial charge on any atom is -0.361 e. The molecule has 2 rings (SSSR count). The van der Waals surface area contributed by atoms with Gasteiger partial charge in [-0.25, -0.2) is 0 Å². The normalized spacial score (nSPS) is 15.8. The fraction of sp³-hybridized carbons (Fsp3) is 0.692. The molecular weight excluding hydrogens is 228 g/mol. The zero-order chi connectivity index (χ0) is 13.0. The minimum absolute atomic E-state index is 0.606. The lowest BCUT2D eigenvalue weighted by Gasteiger charge is -2.11. The summed E-state index contributed by atoms with van der Waals surface area (Å²) in [5.74, 6) is 1.84. The number of hydrogen-bond acceptors (Lipinski definition) is 3. The summed E-state index contributed by atoms with van der Waals surface area (Å²) < 4.78 is 5.34. The van der Waals surface area contributed by atoms with E-state index >= 15 is 0 Å². The molecule has 1 aromatic rings. The van der Waals surface area contributed by atoms with E-state index in [0.717, 1.165) is 36.8 Å². The SMILES string of the molecule is CCc1noc(CC)c1CNC(=NC)NC1CC1. The zero-order valence-electron chi connectivity index (χ0n) is 11.4. The first-order valence-corrected chi connectivity index (χ1v) is 6.71. The van der Waals surface area contributed by atoms with Crippen molar-refractivity contribution in [1.82, 2.24) is 15.8 Å². The van der Waals surface area contributed by atoms with Crippen molar-refractivity contribution in [3.8, 4) is 0 Å². The molecule has 0 amide bonds. The number of aromatic nitrogens is 1. The molecule has 100 valence electrons. The van der Waals surface area contributed by atoms with Crippen molar-refractivity contribution in [3.05, 3.63) is 17.0 Å². The van der Waals surface area contributed by atoms with Gasteiger partial charge < -0.3 is 15.2 Å². The highest BCUT2D eigenvalue weighted by Gasteiger charge is 2.22. The van der Waals surface area contributed by atoms with Gasteiger partial charge in [0, 0.05) is 31.6 Å². The lowest BCUT2D eigenvalue weighted by Crippen LogP contribution is -2.38. The Kier molecular flexibility index (Phi) is 4.23. The third kappa shape index (κ3) is 3.03. The van der Waals surface area contributed by atoms with E-state index in [2.05, 4.69) is 34.6 Å². The molecule has 1 aromatic heterocycles. The Morgan fingerprint density at radius 1 is 1.39 bits per heavy atom. The molecule has 5 nitrogen and oxygen atoms in total. The molecule has 1 fully saturated rings. The van der Waals surface area contributed by atoms with Crippen molar-refractivity contribution in [2.75, 3.05) is 7.05 Å². The molecule has 0 saturated heterocycles. The van der Waals surface area contributed by atoms with Crippen LogP contribution in [0.1, 0.15) is 43.7 Å². The van der Waals surface area contributed by atoms with Crippen molar-refractivity contribution < 1.29 is 4.52 Å². The molecule has 2 N–H and O–H groups in total. The van der Waals surface area contributed by atoms with Gasteiger partial charge in [0.2, 0.25) is 0 Å². The van der Waals surface area contributed by atoms with Gasteiger partial charge in [-0.15, -0.1) is 0 Å². The van der Waals surface area contributed by atoms with Gasteiger partial charge in [0.05, 0.1) is 5.69 Å². The Balaban J connectivity index is 1.97. The average molecular weight is 250 g/mol. The molecule has 5 heteroatoms. The maximum Gasteiger partial charge on any atom is 0.191 e. The van der Waals surface area contributed by atoms with Crippen LogP contribution in [0.4, 0.5) is 0 Å². The summed E-state index contributed by atoms with van der Waals surface area (Å²) in [4.78, 5) is 4.22. The number of guanidine groups is 1. The Morgan fingerprint density at radius 2 is 2.17 bits per heavy atom. The van der Waals surface area contributed by atoms with Crippen molar-refractivity contribution in [3.63, 3.8) is 0 Å². The smallest absolute Gasteiger partial charge is 0.191 e. The summed E-state index contributed by atoms with van der Waals surface area (Å²) in [6.07, 6.45) is 4.26. The molecule has 0 aromatic carbocycles. The number of aryl methyl sites for hydroxylation is 2. The molecule has 1 aliphatic carbocycles. The summed E-state index contributed by atoms with van der Waals surface area (Å²) in [6.45, 7) is 4.90. The number of hydrogen-bond donors (Lipinski definition) is 2. The van der Waals surface area contributed by atoms with E-state index < -0.39 is 0 Å². The fourth-order valence-corrected chi connectivity index (χ4v) is 1.93. The number of aliphatic imine (C=N–C) groups is 1. The van der Waals surface area contributed by atoms with Crippen LogP contribution in [0.25, 0.3) is 0 Å². The van der Waals surface area contributed by atoms with Gasteiger partial charge in [-0.1, -0.05) is 19.0 Å². The van der Waals surface area contributed by atoms with Crippen LogP contribution < -0.4 is 10.6 Å². The third-order valence-corrected chi connectivity index (χ3v) is 3.18. The third-order valence-electron chi connectivity index (χ3n) is 3.18. The fourth-order valence-electron chi connectivity index (χ4n) is 1.93. The first-order chi connectivity index (χ1) is 8.78. The van der Waals surface area contributed by atoms with Gasteiger partial charge in [0.25, 0.3) is 0 Å². The van der Waals surface area contributed by atoms with E-state index in [1.165, 1.54) is 18.4 Å². The van der Waals surface area contributed by atoms with Gasteiger partial charge in [0.1, 0.15) is 5.76 Å². The number of nitrogens with zero attached hydrogens (tertiary/aromatic N) is 2. The molecule has 18 heavy (non-hydrogen) atoms. The second kappa shape index (κ2) is 5.89. The molecule has 0 atom stereocenters. The highest BCUT2D eigenvalue weighted by Crippen LogP contribution is 2.18. The predicted octanol–water partition coefficient (Wildman–Crippen LogP) is 1.63. The summed E-state index contributed by atoms with van der Waals surface area (Å²) in [5.41, 5.74) is 2.22. The van der Waals surface area contributed by atoms with Gasteiger partial charge in [-0.05, 0) is 19.3 Å². The Hall–Kier alpha value is -1.52. The second-order valence-electron chi connectivity index (χ2n) is 4.58. The molecule has 0 aliphatic heterocycles. The van der Waals surface area contributed by atoms with Crippen LogP contribution in [0, 0.1) is 0 Å². The number of rotatable bonds is 5. The maximum atomic E-state index is 5.34. The molecular formula is C13H22N4O. The van der Waals surface area contributed by atoms with E-state index in [-0.39, 0.29) is 0 Å². The van der Waals surface area contributed by atoms with Crippen LogP contribution in [0.2, 0.25) is 0 Å². The van der Waals surface area contributed by atoms with Gasteiger partial charge in [-0.3, -0.25) is 4.99 Å². The average Bonchev–Trinajstić information content (AvgIpc) is 3.12. The summed E-state index contributed by atoms with van der Waals surface area (Å²) in [7, 11) is 1.80. The molecule has 0 bridgehead atoms. The predicted molar refractivity (Wildman–Crippen MR) is 71.6 cm³/mol. The maximum absolute atomic E-state index is 5.34. The second-order valence-corrected chi connectivity index (χ2v) is 4.58. The van der Waals surface area contributed by atoms with E-state index in [4.69, 9.17) is 4.52 Å². The van der Waals surface area contributed by atoms with Crippen LogP contribution in [-0.2, 0) is 19.4 Å². The van der Waals surface area contributed by atoms with Crippen molar-refractivity contribution >= 4 is 5.96 Å². The van der Waals surface area contributed by atoms with E-state index in [1.54, 1.807) is 7.05 Å². The summed E-state index contributed by atoms with van der Waals surface area (Å²) in [5, 5.41) is 10.8. The van der Waals surface area contributed by atoms with Crippen molar-refractivity contribution in [1.29, 1.82) is 0 Å². The van der Waals surface area contributed by atoms with Gasteiger partial charge >= 0.3 is 0 Å². The number of nitrogens with one attached hydrogen (secondary N) is 2. The largest absolute Gasteiger partial charge is 0.361 e. The van der Waals surface area contributed by atoms with E-state index in [9.17, 15) is 0 Å². The molecule has 0 radical (unpaired) electrons. The summed E-state index contributed by atoms with van der Waals surface area (Å²) in [6, 6.07) is 0.606. The Bertz CT molecular complexity index is 399.